The van der Waals surface area contributed by atoms with Gasteiger partial charge in [0, 0.05) is 18.3 Å². The van der Waals surface area contributed by atoms with Crippen molar-refractivity contribution >= 4 is 5.97 Å². The molecule has 0 saturated carbocycles. The first-order valence-electron chi connectivity index (χ1n) is 6.74. The lowest BCUT2D eigenvalue weighted by Crippen LogP contribution is -2.24. The number of carbonyl (C=O) groups excluding carboxylic acids is 1. The third-order valence-electron chi connectivity index (χ3n) is 2.92. The first-order chi connectivity index (χ1) is 8.40. The Morgan fingerprint density at radius 2 is 1.94 bits per heavy atom. The molecule has 0 spiro atoms. The van der Waals surface area contributed by atoms with Crippen molar-refractivity contribution in [2.24, 2.45) is 11.8 Å². The van der Waals surface area contributed by atoms with E-state index < -0.39 is 0 Å². The summed E-state index contributed by atoms with van der Waals surface area (Å²) in [4.78, 5) is 11.6. The van der Waals surface area contributed by atoms with E-state index in [-0.39, 0.29) is 11.6 Å². The van der Waals surface area contributed by atoms with Gasteiger partial charge in [-0.25, -0.2) is 0 Å². The van der Waals surface area contributed by atoms with E-state index in [4.69, 9.17) is 4.74 Å². The molecule has 1 aliphatic carbocycles. The SMILES string of the molecule is C=CCC1C#CC(CCC(=O)OC(C)(C)C)CC1. The fourth-order valence-corrected chi connectivity index (χ4v) is 2.06. The van der Waals surface area contributed by atoms with E-state index >= 15 is 0 Å². The molecular formula is C16H24O2. The second-order valence-corrected chi connectivity index (χ2v) is 5.91. The molecule has 18 heavy (non-hydrogen) atoms. The summed E-state index contributed by atoms with van der Waals surface area (Å²) >= 11 is 0. The summed E-state index contributed by atoms with van der Waals surface area (Å²) in [7, 11) is 0. The number of rotatable bonds is 5. The van der Waals surface area contributed by atoms with Gasteiger partial charge in [-0.05, 0) is 46.5 Å². The molecule has 100 valence electrons. The van der Waals surface area contributed by atoms with Crippen LogP contribution in [0.25, 0.3) is 0 Å². The molecule has 1 aliphatic rings. The van der Waals surface area contributed by atoms with Crippen molar-refractivity contribution in [3.63, 3.8) is 0 Å². The number of carbonyl (C=O) groups is 1. The fourth-order valence-electron chi connectivity index (χ4n) is 2.06. The highest BCUT2D eigenvalue weighted by atomic mass is 16.6. The summed E-state index contributed by atoms with van der Waals surface area (Å²) in [5, 5.41) is 0. The van der Waals surface area contributed by atoms with Crippen LogP contribution >= 0.6 is 0 Å². The number of allylic oxidation sites excluding steroid dienone is 1. The molecule has 2 unspecified atom stereocenters. The smallest absolute Gasteiger partial charge is 0.306 e. The van der Waals surface area contributed by atoms with Crippen LogP contribution in [0.1, 0.15) is 52.9 Å². The van der Waals surface area contributed by atoms with Crippen molar-refractivity contribution in [3.8, 4) is 11.8 Å². The normalized spacial score (nSPS) is 22.8. The Morgan fingerprint density at radius 3 is 2.44 bits per heavy atom. The van der Waals surface area contributed by atoms with Crippen LogP contribution in [0.5, 0.6) is 0 Å². The first-order valence-corrected chi connectivity index (χ1v) is 6.74. The maximum absolute atomic E-state index is 11.6. The van der Waals surface area contributed by atoms with Gasteiger partial charge in [0.2, 0.25) is 0 Å². The molecule has 0 aliphatic heterocycles. The highest BCUT2D eigenvalue weighted by Gasteiger charge is 2.19. The predicted molar refractivity (Wildman–Crippen MR) is 73.9 cm³/mol. The Hall–Kier alpha value is -1.23. The molecule has 0 aromatic heterocycles. The number of esters is 1. The van der Waals surface area contributed by atoms with Crippen LogP contribution in [0.4, 0.5) is 0 Å². The maximum Gasteiger partial charge on any atom is 0.306 e. The van der Waals surface area contributed by atoms with Gasteiger partial charge in [0.15, 0.2) is 0 Å². The zero-order valence-electron chi connectivity index (χ0n) is 11.8. The molecule has 0 N–H and O–H groups in total. The Labute approximate surface area is 111 Å². The molecule has 0 amide bonds. The Kier molecular flexibility index (Phi) is 5.47. The van der Waals surface area contributed by atoms with Gasteiger partial charge in [-0.3, -0.25) is 4.79 Å². The van der Waals surface area contributed by atoms with E-state index in [2.05, 4.69) is 18.4 Å². The van der Waals surface area contributed by atoms with Gasteiger partial charge in [0.1, 0.15) is 5.60 Å². The monoisotopic (exact) mass is 248 g/mol. The van der Waals surface area contributed by atoms with Crippen LogP contribution in [0, 0.1) is 23.7 Å². The second kappa shape index (κ2) is 6.64. The average molecular weight is 248 g/mol. The van der Waals surface area contributed by atoms with Gasteiger partial charge in [0.25, 0.3) is 0 Å². The van der Waals surface area contributed by atoms with Crippen LogP contribution in [0.2, 0.25) is 0 Å². The third-order valence-corrected chi connectivity index (χ3v) is 2.92. The Bertz CT molecular complexity index is 352. The molecule has 1 rings (SSSR count). The molecule has 0 radical (unpaired) electrons. The van der Waals surface area contributed by atoms with Crippen LogP contribution in [-0.4, -0.2) is 11.6 Å². The quantitative estimate of drug-likeness (QED) is 0.421. The first kappa shape index (κ1) is 14.8. The molecule has 0 aromatic carbocycles. The summed E-state index contributed by atoms with van der Waals surface area (Å²) < 4.78 is 5.29. The summed E-state index contributed by atoms with van der Waals surface area (Å²) in [6.07, 6.45) is 6.42. The lowest BCUT2D eigenvalue weighted by molar-refractivity contribution is -0.155. The molecule has 0 bridgehead atoms. The molecule has 0 saturated heterocycles. The Balaban J connectivity index is 2.30. The summed E-state index contributed by atoms with van der Waals surface area (Å²) in [5.41, 5.74) is -0.385. The van der Waals surface area contributed by atoms with Crippen molar-refractivity contribution in [1.29, 1.82) is 0 Å². The number of hydrogen-bond acceptors (Lipinski definition) is 2. The van der Waals surface area contributed by atoms with E-state index in [0.29, 0.717) is 18.3 Å². The molecule has 0 aromatic rings. The lowest BCUT2D eigenvalue weighted by atomic mass is 9.87. The minimum Gasteiger partial charge on any atom is -0.460 e. The van der Waals surface area contributed by atoms with Crippen molar-refractivity contribution < 1.29 is 9.53 Å². The van der Waals surface area contributed by atoms with E-state index in [0.717, 1.165) is 25.7 Å². The molecule has 0 fully saturated rings. The average Bonchev–Trinajstić information content (AvgIpc) is 2.26. The van der Waals surface area contributed by atoms with E-state index in [1.54, 1.807) is 0 Å². The topological polar surface area (TPSA) is 26.3 Å². The maximum atomic E-state index is 11.6. The standard InChI is InChI=1S/C16H24O2/c1-5-6-13-7-9-14(10-8-13)11-12-15(17)18-16(2,3)4/h5,13-14H,1,6-7,9,11-12H2,2-4H3. The minimum absolute atomic E-state index is 0.113. The largest absolute Gasteiger partial charge is 0.460 e. The van der Waals surface area contributed by atoms with Gasteiger partial charge in [-0.1, -0.05) is 17.9 Å². The van der Waals surface area contributed by atoms with Crippen LogP contribution in [0.3, 0.4) is 0 Å². The fraction of sp³-hybridized carbons (Fsp3) is 0.688. The molecule has 2 heteroatoms. The van der Waals surface area contributed by atoms with Gasteiger partial charge >= 0.3 is 5.97 Å². The van der Waals surface area contributed by atoms with Gasteiger partial charge in [-0.15, -0.1) is 6.58 Å². The summed E-state index contributed by atoms with van der Waals surface area (Å²) in [6, 6.07) is 0. The zero-order chi connectivity index (χ0) is 13.6. The van der Waals surface area contributed by atoms with Crippen molar-refractivity contribution in [2.45, 2.75) is 58.5 Å². The van der Waals surface area contributed by atoms with Crippen molar-refractivity contribution in [2.75, 3.05) is 0 Å². The van der Waals surface area contributed by atoms with E-state index in [1.807, 2.05) is 26.8 Å². The van der Waals surface area contributed by atoms with Gasteiger partial charge in [0.05, 0.1) is 0 Å². The highest BCUT2D eigenvalue weighted by molar-refractivity contribution is 5.69. The van der Waals surface area contributed by atoms with Gasteiger partial charge in [-0.2, -0.15) is 0 Å². The zero-order valence-corrected chi connectivity index (χ0v) is 11.8. The molecule has 2 nitrogen and oxygen atoms in total. The van der Waals surface area contributed by atoms with Crippen LogP contribution in [0.15, 0.2) is 12.7 Å². The molecule has 2 atom stereocenters. The van der Waals surface area contributed by atoms with E-state index in [1.165, 1.54) is 0 Å². The highest BCUT2D eigenvalue weighted by Crippen LogP contribution is 2.23. The van der Waals surface area contributed by atoms with Crippen LogP contribution in [-0.2, 0) is 9.53 Å². The summed E-state index contributed by atoms with van der Waals surface area (Å²) in [5.74, 6) is 7.25. The lowest BCUT2D eigenvalue weighted by Gasteiger charge is -2.21. The predicted octanol–water partition coefficient (Wildman–Crippen LogP) is 3.71. The van der Waals surface area contributed by atoms with Gasteiger partial charge < -0.3 is 4.74 Å². The van der Waals surface area contributed by atoms with E-state index in [9.17, 15) is 4.79 Å². The number of hydrogen-bond donors (Lipinski definition) is 0. The Morgan fingerprint density at radius 1 is 1.33 bits per heavy atom. The minimum atomic E-state index is -0.385. The van der Waals surface area contributed by atoms with Crippen molar-refractivity contribution in [3.05, 3.63) is 12.7 Å². The molecular weight excluding hydrogens is 224 g/mol. The number of ether oxygens (including phenoxy) is 1. The second-order valence-electron chi connectivity index (χ2n) is 5.91. The van der Waals surface area contributed by atoms with Crippen molar-refractivity contribution in [1.82, 2.24) is 0 Å². The third kappa shape index (κ3) is 5.91. The summed E-state index contributed by atoms with van der Waals surface area (Å²) in [6.45, 7) is 9.42. The molecule has 0 heterocycles. The van der Waals surface area contributed by atoms with Crippen LogP contribution < -0.4 is 0 Å².